The second kappa shape index (κ2) is 11.6. The second-order valence-corrected chi connectivity index (χ2v) is 8.20. The number of carbonyl (C=O) groups excluding carboxylic acids is 3. The lowest BCUT2D eigenvalue weighted by Crippen LogP contribution is -2.51. The number of rotatable bonds is 7. The van der Waals surface area contributed by atoms with Crippen molar-refractivity contribution < 1.29 is 18.8 Å². The van der Waals surface area contributed by atoms with Gasteiger partial charge in [0.1, 0.15) is 5.82 Å². The van der Waals surface area contributed by atoms with Gasteiger partial charge in [0.05, 0.1) is 6.54 Å². The normalized spacial score (nSPS) is 17.8. The summed E-state index contributed by atoms with van der Waals surface area (Å²) in [6.45, 7) is 2.78. The van der Waals surface area contributed by atoms with E-state index in [0.29, 0.717) is 38.4 Å². The lowest BCUT2D eigenvalue weighted by Gasteiger charge is -2.34. The third-order valence-electron chi connectivity index (χ3n) is 5.77. The van der Waals surface area contributed by atoms with Crippen LogP contribution in [0.5, 0.6) is 0 Å². The summed E-state index contributed by atoms with van der Waals surface area (Å²) in [6, 6.07) is 5.83. The fourth-order valence-corrected chi connectivity index (χ4v) is 4.05. The van der Waals surface area contributed by atoms with Crippen molar-refractivity contribution >= 4 is 23.5 Å². The number of amides is 4. The Hall–Kier alpha value is -2.68. The van der Waals surface area contributed by atoms with Gasteiger partial charge in [-0.25, -0.2) is 9.18 Å². The summed E-state index contributed by atoms with van der Waals surface area (Å²) in [5.41, 5.74) is 0.429. The van der Waals surface area contributed by atoms with Crippen molar-refractivity contribution in [2.75, 3.05) is 44.6 Å². The molecule has 0 aromatic heterocycles. The SMILES string of the molecule is O=C(CN1CCN(C(=O)CCNC(=O)NC2CCCCC2)CC1)Nc1cccc(F)c1. The first-order chi connectivity index (χ1) is 15.0. The summed E-state index contributed by atoms with van der Waals surface area (Å²) in [6.07, 6.45) is 5.86. The molecule has 9 heteroatoms. The number of piperazine rings is 1. The standard InChI is InChI=1S/C22H32FN5O3/c23-17-5-4-8-19(15-17)25-20(29)16-27-11-13-28(14-12-27)21(30)9-10-24-22(31)26-18-6-2-1-3-7-18/h4-5,8,15,18H,1-3,6-7,9-14,16H2,(H,25,29)(H2,24,26,31). The summed E-state index contributed by atoms with van der Waals surface area (Å²) in [5, 5.41) is 8.43. The number of carbonyl (C=O) groups is 3. The molecule has 8 nitrogen and oxygen atoms in total. The smallest absolute Gasteiger partial charge is 0.315 e. The Morgan fingerprint density at radius 1 is 1.03 bits per heavy atom. The molecule has 0 spiro atoms. The minimum absolute atomic E-state index is 0.00169. The van der Waals surface area contributed by atoms with Crippen LogP contribution in [0.15, 0.2) is 24.3 Å². The molecule has 1 aliphatic heterocycles. The van der Waals surface area contributed by atoms with Gasteiger partial charge in [-0.1, -0.05) is 25.3 Å². The minimum Gasteiger partial charge on any atom is -0.340 e. The molecule has 2 aliphatic rings. The average Bonchev–Trinajstić information content (AvgIpc) is 2.75. The predicted molar refractivity (Wildman–Crippen MR) is 116 cm³/mol. The Kier molecular flexibility index (Phi) is 8.63. The van der Waals surface area contributed by atoms with E-state index < -0.39 is 5.82 Å². The Balaban J connectivity index is 1.29. The van der Waals surface area contributed by atoms with Crippen LogP contribution in [0.3, 0.4) is 0 Å². The highest BCUT2D eigenvalue weighted by molar-refractivity contribution is 5.92. The van der Waals surface area contributed by atoms with Crippen molar-refractivity contribution in [3.8, 4) is 0 Å². The van der Waals surface area contributed by atoms with Gasteiger partial charge < -0.3 is 20.9 Å². The molecule has 3 rings (SSSR count). The van der Waals surface area contributed by atoms with E-state index >= 15 is 0 Å². The maximum atomic E-state index is 13.2. The topological polar surface area (TPSA) is 93.8 Å². The number of hydrogen-bond acceptors (Lipinski definition) is 4. The van der Waals surface area contributed by atoms with Gasteiger partial charge >= 0.3 is 6.03 Å². The highest BCUT2D eigenvalue weighted by Gasteiger charge is 2.22. The zero-order valence-electron chi connectivity index (χ0n) is 17.9. The first-order valence-electron chi connectivity index (χ1n) is 11.1. The molecule has 31 heavy (non-hydrogen) atoms. The number of hydrogen-bond donors (Lipinski definition) is 3. The lowest BCUT2D eigenvalue weighted by atomic mass is 9.96. The maximum Gasteiger partial charge on any atom is 0.315 e. The number of nitrogens with one attached hydrogen (secondary N) is 3. The van der Waals surface area contributed by atoms with E-state index in [1.165, 1.54) is 18.6 Å². The Labute approximate surface area is 182 Å². The molecule has 1 aliphatic carbocycles. The Bertz CT molecular complexity index is 761. The van der Waals surface area contributed by atoms with E-state index in [-0.39, 0.29) is 36.9 Å². The van der Waals surface area contributed by atoms with Crippen LogP contribution in [0.4, 0.5) is 14.9 Å². The zero-order chi connectivity index (χ0) is 22.1. The van der Waals surface area contributed by atoms with Gasteiger partial charge in [-0.15, -0.1) is 0 Å². The first kappa shape index (κ1) is 23.0. The molecule has 1 heterocycles. The van der Waals surface area contributed by atoms with Gasteiger partial charge in [0.2, 0.25) is 11.8 Å². The molecule has 0 bridgehead atoms. The maximum absolute atomic E-state index is 13.2. The van der Waals surface area contributed by atoms with Crippen molar-refractivity contribution in [1.82, 2.24) is 20.4 Å². The summed E-state index contributed by atoms with van der Waals surface area (Å²) in [5.74, 6) is -0.605. The van der Waals surface area contributed by atoms with Crippen molar-refractivity contribution in [2.45, 2.75) is 44.6 Å². The fourth-order valence-electron chi connectivity index (χ4n) is 4.05. The van der Waals surface area contributed by atoms with Crippen molar-refractivity contribution in [3.05, 3.63) is 30.1 Å². The first-order valence-corrected chi connectivity index (χ1v) is 11.1. The quantitative estimate of drug-likeness (QED) is 0.613. The van der Waals surface area contributed by atoms with E-state index in [1.807, 2.05) is 4.90 Å². The van der Waals surface area contributed by atoms with Gasteiger partial charge in [0, 0.05) is 50.9 Å². The molecule has 0 radical (unpaired) electrons. The van der Waals surface area contributed by atoms with Gasteiger partial charge in [-0.3, -0.25) is 14.5 Å². The van der Waals surface area contributed by atoms with Gasteiger partial charge in [0.25, 0.3) is 0 Å². The van der Waals surface area contributed by atoms with Gasteiger partial charge in [0.15, 0.2) is 0 Å². The van der Waals surface area contributed by atoms with Crippen molar-refractivity contribution in [3.63, 3.8) is 0 Å². The highest BCUT2D eigenvalue weighted by Crippen LogP contribution is 2.17. The average molecular weight is 434 g/mol. The van der Waals surface area contributed by atoms with Crippen LogP contribution in [-0.4, -0.2) is 73.0 Å². The van der Waals surface area contributed by atoms with E-state index in [0.717, 1.165) is 25.7 Å². The van der Waals surface area contributed by atoms with E-state index in [1.54, 1.807) is 17.0 Å². The Morgan fingerprint density at radius 3 is 2.48 bits per heavy atom. The van der Waals surface area contributed by atoms with Crippen LogP contribution in [0.25, 0.3) is 0 Å². The van der Waals surface area contributed by atoms with E-state index in [9.17, 15) is 18.8 Å². The molecule has 2 fully saturated rings. The summed E-state index contributed by atoms with van der Waals surface area (Å²) < 4.78 is 13.2. The van der Waals surface area contributed by atoms with Crippen LogP contribution in [0, 0.1) is 5.82 Å². The largest absolute Gasteiger partial charge is 0.340 e. The number of urea groups is 1. The number of anilines is 1. The summed E-state index contributed by atoms with van der Waals surface area (Å²) in [7, 11) is 0. The molecule has 1 aromatic rings. The summed E-state index contributed by atoms with van der Waals surface area (Å²) >= 11 is 0. The third-order valence-corrected chi connectivity index (χ3v) is 5.77. The Morgan fingerprint density at radius 2 is 1.77 bits per heavy atom. The molecule has 0 atom stereocenters. The molecule has 1 aromatic carbocycles. The van der Waals surface area contributed by atoms with Crippen LogP contribution in [-0.2, 0) is 9.59 Å². The molecule has 0 unspecified atom stereocenters. The van der Waals surface area contributed by atoms with Crippen molar-refractivity contribution in [2.24, 2.45) is 0 Å². The molecule has 1 saturated carbocycles. The van der Waals surface area contributed by atoms with Crippen LogP contribution in [0.1, 0.15) is 38.5 Å². The zero-order valence-corrected chi connectivity index (χ0v) is 17.9. The molecular weight excluding hydrogens is 401 g/mol. The second-order valence-electron chi connectivity index (χ2n) is 8.20. The number of halogens is 1. The van der Waals surface area contributed by atoms with Crippen LogP contribution in [0.2, 0.25) is 0 Å². The third kappa shape index (κ3) is 7.82. The highest BCUT2D eigenvalue weighted by atomic mass is 19.1. The molecule has 3 N–H and O–H groups in total. The molecule has 170 valence electrons. The minimum atomic E-state index is -0.397. The van der Waals surface area contributed by atoms with Gasteiger partial charge in [-0.2, -0.15) is 0 Å². The number of nitrogens with zero attached hydrogens (tertiary/aromatic N) is 2. The monoisotopic (exact) mass is 433 g/mol. The molecule has 1 saturated heterocycles. The van der Waals surface area contributed by atoms with E-state index in [2.05, 4.69) is 16.0 Å². The predicted octanol–water partition coefficient (Wildman–Crippen LogP) is 1.93. The number of benzene rings is 1. The van der Waals surface area contributed by atoms with Crippen molar-refractivity contribution in [1.29, 1.82) is 0 Å². The lowest BCUT2D eigenvalue weighted by molar-refractivity contribution is -0.132. The molecular formula is C22H32FN5O3. The summed E-state index contributed by atoms with van der Waals surface area (Å²) in [4.78, 5) is 40.2. The van der Waals surface area contributed by atoms with Gasteiger partial charge in [-0.05, 0) is 31.0 Å². The fraction of sp³-hybridized carbons (Fsp3) is 0.591. The molecule has 4 amide bonds. The van der Waals surface area contributed by atoms with Crippen LogP contribution < -0.4 is 16.0 Å². The van der Waals surface area contributed by atoms with E-state index in [4.69, 9.17) is 0 Å². The van der Waals surface area contributed by atoms with Crippen LogP contribution >= 0.6 is 0 Å².